The first-order valence-corrected chi connectivity index (χ1v) is 10.1. The standard InChI is InChI=1S/C25H25NO4/c27-24(28)17-30-23-8-4-5-19-16-25(29,14-13-22(19)23)15-18-9-11-21(12-10-18)26-20-6-2-1-3-7-20/h1-12,26,29H,13-17H2,(H,27,28). The minimum absolute atomic E-state index is 0.357. The predicted molar refractivity (Wildman–Crippen MR) is 116 cm³/mol. The van der Waals surface area contributed by atoms with Crippen LogP contribution in [-0.2, 0) is 24.1 Å². The van der Waals surface area contributed by atoms with E-state index in [2.05, 4.69) is 5.32 Å². The van der Waals surface area contributed by atoms with Crippen LogP contribution in [0.15, 0.2) is 72.8 Å². The fourth-order valence-corrected chi connectivity index (χ4v) is 4.06. The molecule has 3 aromatic rings. The molecule has 0 spiro atoms. The number of benzene rings is 3. The summed E-state index contributed by atoms with van der Waals surface area (Å²) in [5.74, 6) is -0.390. The maximum Gasteiger partial charge on any atom is 0.341 e. The highest BCUT2D eigenvalue weighted by atomic mass is 16.5. The first-order valence-electron chi connectivity index (χ1n) is 10.1. The SMILES string of the molecule is O=C(O)COc1cccc2c1CCC(O)(Cc1ccc(Nc3ccccc3)cc1)C2. The molecule has 0 bridgehead atoms. The van der Waals surface area contributed by atoms with Gasteiger partial charge in [-0.3, -0.25) is 0 Å². The zero-order chi connectivity index (χ0) is 21.0. The van der Waals surface area contributed by atoms with Crippen molar-refractivity contribution in [3.8, 4) is 5.75 Å². The Morgan fingerprint density at radius 2 is 1.70 bits per heavy atom. The molecule has 0 saturated heterocycles. The molecular weight excluding hydrogens is 378 g/mol. The average Bonchev–Trinajstić information content (AvgIpc) is 2.74. The molecule has 4 rings (SSSR count). The van der Waals surface area contributed by atoms with Crippen LogP contribution in [0.1, 0.15) is 23.1 Å². The van der Waals surface area contributed by atoms with Crippen LogP contribution in [0.3, 0.4) is 0 Å². The topological polar surface area (TPSA) is 78.8 Å². The van der Waals surface area contributed by atoms with Crippen molar-refractivity contribution in [2.45, 2.75) is 31.3 Å². The molecule has 1 unspecified atom stereocenters. The van der Waals surface area contributed by atoms with E-state index in [9.17, 15) is 9.90 Å². The van der Waals surface area contributed by atoms with Crippen LogP contribution in [0.2, 0.25) is 0 Å². The van der Waals surface area contributed by atoms with Crippen molar-refractivity contribution in [3.05, 3.63) is 89.5 Å². The number of carboxylic acid groups (broad SMARTS) is 1. The van der Waals surface area contributed by atoms with Crippen LogP contribution < -0.4 is 10.1 Å². The molecular formula is C25H25NO4. The smallest absolute Gasteiger partial charge is 0.341 e. The van der Waals surface area contributed by atoms with Gasteiger partial charge in [0, 0.05) is 24.2 Å². The van der Waals surface area contributed by atoms with Gasteiger partial charge in [0.2, 0.25) is 0 Å². The highest BCUT2D eigenvalue weighted by Crippen LogP contribution is 2.36. The number of rotatable bonds is 7. The van der Waals surface area contributed by atoms with E-state index in [1.54, 1.807) is 6.07 Å². The third-order valence-corrected chi connectivity index (χ3v) is 5.49. The monoisotopic (exact) mass is 403 g/mol. The summed E-state index contributed by atoms with van der Waals surface area (Å²) < 4.78 is 5.43. The predicted octanol–water partition coefficient (Wildman–Crippen LogP) is 4.36. The van der Waals surface area contributed by atoms with E-state index in [1.165, 1.54) is 0 Å². The van der Waals surface area contributed by atoms with Crippen molar-refractivity contribution in [3.63, 3.8) is 0 Å². The summed E-state index contributed by atoms with van der Waals surface area (Å²) in [6.07, 6.45) is 2.36. The molecule has 30 heavy (non-hydrogen) atoms. The molecule has 1 aliphatic carbocycles. The number of hydrogen-bond acceptors (Lipinski definition) is 4. The Morgan fingerprint density at radius 1 is 0.967 bits per heavy atom. The van der Waals surface area contributed by atoms with E-state index in [0.717, 1.165) is 28.1 Å². The molecule has 3 N–H and O–H groups in total. The summed E-state index contributed by atoms with van der Waals surface area (Å²) in [5, 5.41) is 23.5. The number of aliphatic hydroxyl groups is 1. The fraction of sp³-hybridized carbons (Fsp3) is 0.240. The van der Waals surface area contributed by atoms with Gasteiger partial charge in [-0.15, -0.1) is 0 Å². The molecule has 1 atom stereocenters. The number of fused-ring (bicyclic) bond motifs is 1. The highest BCUT2D eigenvalue weighted by molar-refractivity contribution is 5.68. The molecule has 0 fully saturated rings. The van der Waals surface area contributed by atoms with Crippen molar-refractivity contribution in [1.82, 2.24) is 0 Å². The van der Waals surface area contributed by atoms with Gasteiger partial charge in [0.1, 0.15) is 5.75 Å². The molecule has 0 aromatic heterocycles. The summed E-state index contributed by atoms with van der Waals surface area (Å²) >= 11 is 0. The van der Waals surface area contributed by atoms with Crippen LogP contribution in [0, 0.1) is 0 Å². The lowest BCUT2D eigenvalue weighted by Crippen LogP contribution is -2.38. The zero-order valence-corrected chi connectivity index (χ0v) is 16.7. The van der Waals surface area contributed by atoms with E-state index in [-0.39, 0.29) is 6.61 Å². The second-order valence-electron chi connectivity index (χ2n) is 7.84. The number of carboxylic acids is 1. The molecule has 0 heterocycles. The van der Waals surface area contributed by atoms with E-state index in [4.69, 9.17) is 9.84 Å². The largest absolute Gasteiger partial charge is 0.482 e. The molecule has 0 aliphatic heterocycles. The summed E-state index contributed by atoms with van der Waals surface area (Å²) in [4.78, 5) is 10.8. The number of para-hydroxylation sites is 1. The minimum Gasteiger partial charge on any atom is -0.482 e. The Hall–Kier alpha value is -3.31. The molecule has 154 valence electrons. The maximum absolute atomic E-state index is 11.2. The zero-order valence-electron chi connectivity index (χ0n) is 16.7. The molecule has 5 heteroatoms. The van der Waals surface area contributed by atoms with E-state index >= 15 is 0 Å². The number of hydrogen-bond donors (Lipinski definition) is 3. The van der Waals surface area contributed by atoms with Crippen molar-refractivity contribution >= 4 is 17.3 Å². The first-order chi connectivity index (χ1) is 14.5. The molecule has 0 saturated carbocycles. The third-order valence-electron chi connectivity index (χ3n) is 5.49. The second-order valence-corrected chi connectivity index (χ2v) is 7.84. The first kappa shape index (κ1) is 20.0. The summed E-state index contributed by atoms with van der Waals surface area (Å²) in [7, 11) is 0. The molecule has 5 nitrogen and oxygen atoms in total. The van der Waals surface area contributed by atoms with Gasteiger partial charge >= 0.3 is 5.97 Å². The van der Waals surface area contributed by atoms with Gasteiger partial charge < -0.3 is 20.3 Å². The Morgan fingerprint density at radius 3 is 2.43 bits per heavy atom. The van der Waals surface area contributed by atoms with Crippen molar-refractivity contribution in [1.29, 1.82) is 0 Å². The fourth-order valence-electron chi connectivity index (χ4n) is 4.06. The average molecular weight is 403 g/mol. The van der Waals surface area contributed by atoms with Crippen LogP contribution >= 0.6 is 0 Å². The van der Waals surface area contributed by atoms with Crippen molar-refractivity contribution in [2.75, 3.05) is 11.9 Å². The molecule has 0 radical (unpaired) electrons. The van der Waals surface area contributed by atoms with Crippen LogP contribution in [0.4, 0.5) is 11.4 Å². The van der Waals surface area contributed by atoms with Gasteiger partial charge in [-0.1, -0.05) is 42.5 Å². The minimum atomic E-state index is -0.995. The van der Waals surface area contributed by atoms with Gasteiger partial charge in [0.15, 0.2) is 6.61 Å². The van der Waals surface area contributed by atoms with E-state index in [0.29, 0.717) is 31.4 Å². The molecule has 1 aliphatic rings. The number of anilines is 2. The number of carbonyl (C=O) groups is 1. The normalized spacial score (nSPS) is 17.8. The van der Waals surface area contributed by atoms with Crippen LogP contribution in [0.5, 0.6) is 5.75 Å². The Labute approximate surface area is 176 Å². The van der Waals surface area contributed by atoms with Gasteiger partial charge in [-0.05, 0) is 59.9 Å². The Balaban J connectivity index is 1.43. The summed E-state index contributed by atoms with van der Waals surface area (Å²) in [6.45, 7) is -0.357. The summed E-state index contributed by atoms with van der Waals surface area (Å²) in [6, 6.07) is 23.8. The van der Waals surface area contributed by atoms with Crippen molar-refractivity contribution in [2.24, 2.45) is 0 Å². The lowest BCUT2D eigenvalue weighted by molar-refractivity contribution is -0.139. The number of aliphatic carboxylic acids is 1. The van der Waals surface area contributed by atoms with Gasteiger partial charge in [0.25, 0.3) is 0 Å². The highest BCUT2D eigenvalue weighted by Gasteiger charge is 2.33. The van der Waals surface area contributed by atoms with Gasteiger partial charge in [-0.2, -0.15) is 0 Å². The van der Waals surface area contributed by atoms with Crippen LogP contribution in [-0.4, -0.2) is 28.4 Å². The Bertz CT molecular complexity index is 1020. The van der Waals surface area contributed by atoms with Gasteiger partial charge in [0.05, 0.1) is 5.60 Å². The summed E-state index contributed by atoms with van der Waals surface area (Å²) in [5.41, 5.74) is 4.32. The third kappa shape index (κ3) is 4.81. The second kappa shape index (κ2) is 8.59. The molecule has 3 aromatic carbocycles. The van der Waals surface area contributed by atoms with Gasteiger partial charge in [-0.25, -0.2) is 4.79 Å². The number of nitrogens with one attached hydrogen (secondary N) is 1. The van der Waals surface area contributed by atoms with Crippen molar-refractivity contribution < 1.29 is 19.7 Å². The lowest BCUT2D eigenvalue weighted by atomic mass is 9.77. The van der Waals surface area contributed by atoms with E-state index < -0.39 is 11.6 Å². The lowest BCUT2D eigenvalue weighted by Gasteiger charge is -2.34. The van der Waals surface area contributed by atoms with E-state index in [1.807, 2.05) is 66.7 Å². The Kier molecular flexibility index (Phi) is 5.72. The van der Waals surface area contributed by atoms with Crippen LogP contribution in [0.25, 0.3) is 0 Å². The number of ether oxygens (including phenoxy) is 1. The quantitative estimate of drug-likeness (QED) is 0.546. The maximum atomic E-state index is 11.2. The molecule has 0 amide bonds.